The molecule has 0 unspecified atom stereocenters. The van der Waals surface area contributed by atoms with E-state index in [0.717, 1.165) is 73.7 Å². The topological polar surface area (TPSA) is 78.7 Å². The number of benzene rings is 3. The Labute approximate surface area is 287 Å². The maximum absolute atomic E-state index is 12.2. The lowest BCUT2D eigenvalue weighted by Gasteiger charge is -2.36. The van der Waals surface area contributed by atoms with Gasteiger partial charge in [-0.05, 0) is 96.8 Å². The first kappa shape index (κ1) is 31.0. The van der Waals surface area contributed by atoms with Gasteiger partial charge < -0.3 is 10.2 Å². The zero-order valence-corrected chi connectivity index (χ0v) is 28.4. The van der Waals surface area contributed by atoms with E-state index in [2.05, 4.69) is 107 Å². The van der Waals surface area contributed by atoms with Crippen LogP contribution in [0.5, 0.6) is 0 Å². The molecule has 1 saturated carbocycles. The van der Waals surface area contributed by atoms with Crippen LogP contribution in [0.1, 0.15) is 58.4 Å². The van der Waals surface area contributed by atoms with E-state index in [0.29, 0.717) is 17.4 Å². The Balaban J connectivity index is 0.893. The zero-order chi connectivity index (χ0) is 33.5. The molecule has 0 amide bonds. The van der Waals surface area contributed by atoms with Crippen LogP contribution < -0.4 is 10.2 Å². The first-order valence-electron chi connectivity index (χ1n) is 17.2. The van der Waals surface area contributed by atoms with E-state index in [-0.39, 0.29) is 5.78 Å². The summed E-state index contributed by atoms with van der Waals surface area (Å²) < 4.78 is 1.69. The van der Waals surface area contributed by atoms with Gasteiger partial charge in [-0.25, -0.2) is 9.50 Å². The second-order valence-corrected chi connectivity index (χ2v) is 13.6. The zero-order valence-electron chi connectivity index (χ0n) is 28.4. The Bertz CT molecular complexity index is 2140. The number of Topliss-reactive ketones (excluding diaryl/α,β-unsaturated/α-hetero) is 1. The standard InChI is InChI=1S/C41H41N7O/c1-27-7-9-33(21-28(27)2)31-12-14-36(15-13-31)47-19-17-46(18-20-47)26-30-8-16-38(42-24-30)34-5-4-6-35(22-34)44-40-23-37(32-10-11-32)41-43-25-39(29(3)49)48(41)45-40/h4-9,12-16,21-25,32H,10-11,17-20,26H2,1-3H3,(H,44,45). The van der Waals surface area contributed by atoms with Gasteiger partial charge in [-0.15, -0.1) is 5.10 Å². The maximum Gasteiger partial charge on any atom is 0.179 e. The number of carbonyl (C=O) groups is 1. The summed E-state index contributed by atoms with van der Waals surface area (Å²) in [6.07, 6.45) is 5.91. The first-order valence-corrected chi connectivity index (χ1v) is 17.2. The maximum atomic E-state index is 12.2. The molecule has 8 nitrogen and oxygen atoms in total. The van der Waals surface area contributed by atoms with Gasteiger partial charge in [-0.2, -0.15) is 0 Å². The van der Waals surface area contributed by atoms with Gasteiger partial charge in [-0.3, -0.25) is 14.7 Å². The Morgan fingerprint density at radius 3 is 2.31 bits per heavy atom. The van der Waals surface area contributed by atoms with Crippen molar-refractivity contribution in [3.8, 4) is 22.4 Å². The minimum Gasteiger partial charge on any atom is -0.369 e. The van der Waals surface area contributed by atoms with Crippen molar-refractivity contribution < 1.29 is 4.79 Å². The largest absolute Gasteiger partial charge is 0.369 e. The highest BCUT2D eigenvalue weighted by Crippen LogP contribution is 2.42. The Kier molecular flexibility index (Phi) is 8.17. The number of aromatic nitrogens is 4. The van der Waals surface area contributed by atoms with Crippen molar-refractivity contribution in [3.63, 3.8) is 0 Å². The number of carbonyl (C=O) groups excluding carboxylic acids is 1. The summed E-state index contributed by atoms with van der Waals surface area (Å²) in [6.45, 7) is 10.8. The average Bonchev–Trinajstić information content (AvgIpc) is 3.88. The number of nitrogens with one attached hydrogen (secondary N) is 1. The summed E-state index contributed by atoms with van der Waals surface area (Å²) in [5, 5.41) is 8.20. The number of aryl methyl sites for hydroxylation is 2. The van der Waals surface area contributed by atoms with Crippen LogP contribution in [0.15, 0.2) is 97.3 Å². The molecule has 0 bridgehead atoms. The van der Waals surface area contributed by atoms with E-state index in [1.54, 1.807) is 17.6 Å². The normalized spacial score (nSPS) is 15.1. The Morgan fingerprint density at radius 2 is 1.59 bits per heavy atom. The van der Waals surface area contributed by atoms with Gasteiger partial charge in [0.2, 0.25) is 0 Å². The fourth-order valence-electron chi connectivity index (χ4n) is 6.79. The number of hydrogen-bond donors (Lipinski definition) is 1. The number of rotatable bonds is 9. The molecule has 1 aliphatic carbocycles. The van der Waals surface area contributed by atoms with Crippen LogP contribution in [0.25, 0.3) is 28.0 Å². The van der Waals surface area contributed by atoms with Crippen molar-refractivity contribution in [2.75, 3.05) is 36.4 Å². The molecule has 4 heterocycles. The second-order valence-electron chi connectivity index (χ2n) is 13.6. The van der Waals surface area contributed by atoms with E-state index >= 15 is 0 Å². The van der Waals surface area contributed by atoms with E-state index in [9.17, 15) is 4.79 Å². The fraction of sp³-hybridized carbons (Fsp3) is 0.268. The Hall–Kier alpha value is -5.34. The molecule has 0 radical (unpaired) electrons. The summed E-state index contributed by atoms with van der Waals surface area (Å²) in [7, 11) is 0. The van der Waals surface area contributed by atoms with Crippen LogP contribution in [0.4, 0.5) is 17.2 Å². The van der Waals surface area contributed by atoms with Gasteiger partial charge >= 0.3 is 0 Å². The van der Waals surface area contributed by atoms with Crippen LogP contribution in [-0.4, -0.2) is 56.4 Å². The van der Waals surface area contributed by atoms with Crippen LogP contribution >= 0.6 is 0 Å². The average molecular weight is 648 g/mol. The van der Waals surface area contributed by atoms with Crippen LogP contribution in [0.2, 0.25) is 0 Å². The summed E-state index contributed by atoms with van der Waals surface area (Å²) >= 11 is 0. The first-order chi connectivity index (χ1) is 23.9. The molecule has 1 N–H and O–H groups in total. The van der Waals surface area contributed by atoms with Crippen LogP contribution in [-0.2, 0) is 6.54 Å². The van der Waals surface area contributed by atoms with Gasteiger partial charge in [0.1, 0.15) is 5.69 Å². The monoisotopic (exact) mass is 647 g/mol. The molecule has 8 heteroatoms. The molecule has 0 atom stereocenters. The lowest BCUT2D eigenvalue weighted by atomic mass is 10.0. The second kappa shape index (κ2) is 12.9. The summed E-state index contributed by atoms with van der Waals surface area (Å²) in [5.74, 6) is 1.12. The highest BCUT2D eigenvalue weighted by molar-refractivity contribution is 5.93. The van der Waals surface area contributed by atoms with Gasteiger partial charge in [-0.1, -0.05) is 48.5 Å². The van der Waals surface area contributed by atoms with Crippen molar-refractivity contribution >= 4 is 28.6 Å². The minimum atomic E-state index is -0.0484. The third kappa shape index (κ3) is 6.56. The Morgan fingerprint density at radius 1 is 0.796 bits per heavy atom. The predicted molar refractivity (Wildman–Crippen MR) is 197 cm³/mol. The molecule has 3 aromatic heterocycles. The molecule has 1 aliphatic heterocycles. The lowest BCUT2D eigenvalue weighted by Crippen LogP contribution is -2.45. The quantitative estimate of drug-likeness (QED) is 0.159. The predicted octanol–water partition coefficient (Wildman–Crippen LogP) is 8.22. The number of nitrogens with zero attached hydrogens (tertiary/aromatic N) is 6. The fourth-order valence-corrected chi connectivity index (χ4v) is 6.79. The third-order valence-electron chi connectivity index (χ3n) is 9.98. The molecule has 3 aromatic carbocycles. The minimum absolute atomic E-state index is 0.0484. The van der Waals surface area contributed by atoms with Crippen molar-refractivity contribution in [2.24, 2.45) is 0 Å². The SMILES string of the molecule is CC(=O)c1cnc2c(C3CC3)cc(Nc3cccc(-c4ccc(CN5CCN(c6ccc(-c7ccc(C)c(C)c7)cc6)CC5)cn4)c3)nn12. The highest BCUT2D eigenvalue weighted by atomic mass is 16.1. The smallest absolute Gasteiger partial charge is 0.179 e. The molecule has 49 heavy (non-hydrogen) atoms. The summed E-state index contributed by atoms with van der Waals surface area (Å²) in [5.41, 5.74) is 13.0. The molecular formula is C41H41N7O. The number of imidazole rings is 1. The molecule has 2 aliphatic rings. The van der Waals surface area contributed by atoms with Crippen molar-refractivity contribution in [1.29, 1.82) is 0 Å². The van der Waals surface area contributed by atoms with E-state index < -0.39 is 0 Å². The van der Waals surface area contributed by atoms with E-state index in [1.807, 2.05) is 18.3 Å². The van der Waals surface area contributed by atoms with Gasteiger partial charge in [0.25, 0.3) is 0 Å². The summed E-state index contributed by atoms with van der Waals surface area (Å²) in [6, 6.07) is 30.3. The van der Waals surface area contributed by atoms with Crippen LogP contribution in [0, 0.1) is 13.8 Å². The number of ketones is 1. The molecule has 1 saturated heterocycles. The summed E-state index contributed by atoms with van der Waals surface area (Å²) in [4.78, 5) is 26.6. The third-order valence-corrected chi connectivity index (χ3v) is 9.98. The number of pyridine rings is 1. The molecule has 2 fully saturated rings. The number of hydrogen-bond acceptors (Lipinski definition) is 7. The van der Waals surface area contributed by atoms with Crippen LogP contribution in [0.3, 0.4) is 0 Å². The lowest BCUT2D eigenvalue weighted by molar-refractivity contribution is 0.101. The van der Waals surface area contributed by atoms with Gasteiger partial charge in [0.15, 0.2) is 17.2 Å². The molecule has 246 valence electrons. The van der Waals surface area contributed by atoms with E-state index in [4.69, 9.17) is 10.1 Å². The number of fused-ring (bicyclic) bond motifs is 1. The highest BCUT2D eigenvalue weighted by Gasteiger charge is 2.28. The van der Waals surface area contributed by atoms with Crippen molar-refractivity contribution in [3.05, 3.63) is 125 Å². The molecule has 0 spiro atoms. The number of piperazine rings is 1. The molecule has 6 aromatic rings. The number of anilines is 3. The molecular weight excluding hydrogens is 606 g/mol. The van der Waals surface area contributed by atoms with Gasteiger partial charge in [0.05, 0.1) is 11.9 Å². The van der Waals surface area contributed by atoms with E-state index in [1.165, 1.54) is 33.5 Å². The van der Waals surface area contributed by atoms with Gasteiger partial charge in [0, 0.05) is 68.3 Å². The van der Waals surface area contributed by atoms with Crippen molar-refractivity contribution in [2.45, 2.75) is 46.1 Å². The van der Waals surface area contributed by atoms with Crippen molar-refractivity contribution in [1.82, 2.24) is 24.5 Å². The molecule has 8 rings (SSSR count).